The van der Waals surface area contributed by atoms with Crippen LogP contribution in [0.5, 0.6) is 11.5 Å². The van der Waals surface area contributed by atoms with E-state index in [0.717, 1.165) is 11.1 Å². The molecule has 6 rings (SSSR count). The van der Waals surface area contributed by atoms with E-state index < -0.39 is 24.0 Å². The third-order valence-electron chi connectivity index (χ3n) is 9.60. The van der Waals surface area contributed by atoms with Crippen molar-refractivity contribution in [2.45, 2.75) is 52.9 Å². The Kier molecular flexibility index (Phi) is 12.7. The molecular weight excluding hydrogens is 713 g/mol. The van der Waals surface area contributed by atoms with E-state index in [0.29, 0.717) is 58.3 Å². The molecule has 0 aromatic heterocycles. The second-order valence-corrected chi connectivity index (χ2v) is 13.2. The van der Waals surface area contributed by atoms with E-state index in [1.807, 2.05) is 84.9 Å². The maximum Gasteiger partial charge on any atom is 0.338 e. The smallest absolute Gasteiger partial charge is 0.338 e. The number of carbonyl (C=O) groups is 4. The van der Waals surface area contributed by atoms with Crippen LogP contribution in [-0.2, 0) is 32.2 Å². The molecule has 4 amide bonds. The largest absolute Gasteiger partial charge is 0.490 e. The molecule has 2 aliphatic rings. The summed E-state index contributed by atoms with van der Waals surface area (Å²) in [7, 11) is 0. The Balaban J connectivity index is 1.07. The van der Waals surface area contributed by atoms with Gasteiger partial charge in [0.05, 0.1) is 49.5 Å². The number of nitrogens with one attached hydrogen (secondary N) is 2. The highest BCUT2D eigenvalue weighted by molar-refractivity contribution is 5.96. The molecule has 0 bridgehead atoms. The van der Waals surface area contributed by atoms with Gasteiger partial charge in [0.1, 0.15) is 24.7 Å². The standard InChI is InChI=1S/C44H46N4O8/c1-5-53-41(49)37-29(3)47(27-31-13-9-7-10-14-31)43(51)45-39(37)33-17-21-35(22-18-33)55-25-26-56-36-23-19-34(20-24-36)40-38(42(50)54-6-2)30(4)48(44(52)46-40)28-32-15-11-8-12-16-32/h7-24,39-40H,5-6,25-28H2,1-4H3,(H,45,51)(H,46,52). The van der Waals surface area contributed by atoms with Crippen molar-refractivity contribution in [3.05, 3.63) is 154 Å². The normalized spacial score (nSPS) is 16.9. The Morgan fingerprint density at radius 3 is 1.25 bits per heavy atom. The number of urea groups is 2. The number of hydrogen-bond acceptors (Lipinski definition) is 8. The molecular formula is C44H46N4O8. The van der Waals surface area contributed by atoms with Gasteiger partial charge in [-0.3, -0.25) is 9.80 Å². The van der Waals surface area contributed by atoms with Crippen molar-refractivity contribution >= 4 is 24.0 Å². The first kappa shape index (κ1) is 39.1. The molecule has 0 fully saturated rings. The number of nitrogens with zero attached hydrogens (tertiary/aromatic N) is 2. The first-order valence-corrected chi connectivity index (χ1v) is 18.6. The fourth-order valence-corrected chi connectivity index (χ4v) is 6.75. The highest BCUT2D eigenvalue weighted by Crippen LogP contribution is 2.35. The van der Waals surface area contributed by atoms with Gasteiger partial charge in [0.2, 0.25) is 0 Å². The zero-order chi connectivity index (χ0) is 39.6. The van der Waals surface area contributed by atoms with Crippen molar-refractivity contribution in [3.63, 3.8) is 0 Å². The summed E-state index contributed by atoms with van der Waals surface area (Å²) in [5.74, 6) is 0.195. The van der Waals surface area contributed by atoms with Crippen LogP contribution >= 0.6 is 0 Å². The fraction of sp³-hybridized carbons (Fsp3) is 0.273. The SMILES string of the molecule is CCOC(=O)C1=C(C)N(Cc2ccccc2)C(=O)NC1c1ccc(OCCOc2ccc(C3NC(=O)N(Cc4ccccc4)C(C)=C3C(=O)OCC)cc2)cc1. The van der Waals surface area contributed by atoms with Crippen molar-refractivity contribution < 1.29 is 38.1 Å². The maximum atomic E-state index is 13.3. The van der Waals surface area contributed by atoms with Gasteiger partial charge in [0, 0.05) is 11.4 Å². The van der Waals surface area contributed by atoms with E-state index in [9.17, 15) is 19.2 Å². The summed E-state index contributed by atoms with van der Waals surface area (Å²) in [4.78, 5) is 56.0. The van der Waals surface area contributed by atoms with Gasteiger partial charge in [-0.25, -0.2) is 19.2 Å². The van der Waals surface area contributed by atoms with Crippen LogP contribution in [0.2, 0.25) is 0 Å². The van der Waals surface area contributed by atoms with Crippen molar-refractivity contribution in [3.8, 4) is 11.5 Å². The zero-order valence-electron chi connectivity index (χ0n) is 32.0. The summed E-state index contributed by atoms with van der Waals surface area (Å²) >= 11 is 0. The predicted molar refractivity (Wildman–Crippen MR) is 209 cm³/mol. The molecule has 0 radical (unpaired) electrons. The van der Waals surface area contributed by atoms with Crippen LogP contribution < -0.4 is 20.1 Å². The van der Waals surface area contributed by atoms with Crippen LogP contribution in [0.1, 0.15) is 62.0 Å². The Morgan fingerprint density at radius 2 is 0.911 bits per heavy atom. The average molecular weight is 759 g/mol. The number of amides is 4. The molecule has 0 aliphatic carbocycles. The molecule has 2 N–H and O–H groups in total. The second-order valence-electron chi connectivity index (χ2n) is 13.2. The number of benzene rings is 4. The van der Waals surface area contributed by atoms with Gasteiger partial charge in [-0.1, -0.05) is 84.9 Å². The number of ether oxygens (including phenoxy) is 4. The van der Waals surface area contributed by atoms with Gasteiger partial charge in [-0.05, 0) is 74.2 Å². The molecule has 12 heteroatoms. The zero-order valence-corrected chi connectivity index (χ0v) is 32.0. The van der Waals surface area contributed by atoms with Crippen LogP contribution in [0, 0.1) is 0 Å². The summed E-state index contributed by atoms with van der Waals surface area (Å²) in [6.07, 6.45) is 0. The lowest BCUT2D eigenvalue weighted by Crippen LogP contribution is -2.47. The van der Waals surface area contributed by atoms with Crippen LogP contribution in [0.15, 0.2) is 132 Å². The number of rotatable bonds is 15. The number of allylic oxidation sites excluding steroid dienone is 2. The molecule has 290 valence electrons. The second kappa shape index (κ2) is 18.2. The van der Waals surface area contributed by atoms with Crippen molar-refractivity contribution in [1.29, 1.82) is 0 Å². The Hall–Kier alpha value is -6.56. The topological polar surface area (TPSA) is 136 Å². The molecule has 0 saturated heterocycles. The molecule has 2 heterocycles. The van der Waals surface area contributed by atoms with E-state index >= 15 is 0 Å². The first-order chi connectivity index (χ1) is 27.2. The Morgan fingerprint density at radius 1 is 0.554 bits per heavy atom. The van der Waals surface area contributed by atoms with Gasteiger partial charge >= 0.3 is 24.0 Å². The lowest BCUT2D eigenvalue weighted by atomic mass is 9.94. The fourth-order valence-electron chi connectivity index (χ4n) is 6.75. The van der Waals surface area contributed by atoms with Gasteiger partial charge in [-0.2, -0.15) is 0 Å². The van der Waals surface area contributed by atoms with Gasteiger partial charge in [0.25, 0.3) is 0 Å². The molecule has 2 atom stereocenters. The number of esters is 2. The van der Waals surface area contributed by atoms with Gasteiger partial charge < -0.3 is 29.6 Å². The molecule has 4 aromatic rings. The summed E-state index contributed by atoms with van der Waals surface area (Å²) < 4.78 is 22.7. The summed E-state index contributed by atoms with van der Waals surface area (Å²) in [5, 5.41) is 5.97. The Bertz CT molecular complexity index is 1930. The summed E-state index contributed by atoms with van der Waals surface area (Å²) in [6.45, 7) is 8.54. The third kappa shape index (κ3) is 9.03. The quantitative estimate of drug-likeness (QED) is 0.0950. The maximum absolute atomic E-state index is 13.3. The van der Waals surface area contributed by atoms with E-state index in [1.165, 1.54) is 0 Å². The van der Waals surface area contributed by atoms with Crippen molar-refractivity contribution in [2.24, 2.45) is 0 Å². The van der Waals surface area contributed by atoms with E-state index in [-0.39, 0.29) is 38.5 Å². The van der Waals surface area contributed by atoms with Crippen LogP contribution in [0.4, 0.5) is 9.59 Å². The highest BCUT2D eigenvalue weighted by atomic mass is 16.5. The first-order valence-electron chi connectivity index (χ1n) is 18.6. The van der Waals surface area contributed by atoms with Gasteiger partial charge in [0.15, 0.2) is 0 Å². The Labute approximate surface area is 326 Å². The van der Waals surface area contributed by atoms with E-state index in [4.69, 9.17) is 18.9 Å². The lowest BCUT2D eigenvalue weighted by molar-refractivity contribution is -0.140. The summed E-state index contributed by atoms with van der Waals surface area (Å²) in [6, 6.07) is 31.5. The lowest BCUT2D eigenvalue weighted by Gasteiger charge is -2.35. The molecule has 2 aliphatic heterocycles. The van der Waals surface area contributed by atoms with Crippen molar-refractivity contribution in [2.75, 3.05) is 26.4 Å². The van der Waals surface area contributed by atoms with Crippen LogP contribution in [0.3, 0.4) is 0 Å². The molecule has 0 spiro atoms. The minimum Gasteiger partial charge on any atom is -0.490 e. The van der Waals surface area contributed by atoms with Crippen LogP contribution in [0.25, 0.3) is 0 Å². The van der Waals surface area contributed by atoms with E-state index in [1.54, 1.807) is 61.8 Å². The number of carbonyl (C=O) groups excluding carboxylic acids is 4. The van der Waals surface area contributed by atoms with E-state index in [2.05, 4.69) is 10.6 Å². The minimum atomic E-state index is -0.697. The highest BCUT2D eigenvalue weighted by Gasteiger charge is 2.38. The molecule has 0 saturated carbocycles. The molecule has 56 heavy (non-hydrogen) atoms. The number of hydrogen-bond donors (Lipinski definition) is 2. The molecule has 12 nitrogen and oxygen atoms in total. The summed E-state index contributed by atoms with van der Waals surface area (Å²) in [5.41, 5.74) is 5.09. The van der Waals surface area contributed by atoms with Crippen molar-refractivity contribution in [1.82, 2.24) is 20.4 Å². The third-order valence-corrected chi connectivity index (χ3v) is 9.60. The predicted octanol–water partition coefficient (Wildman–Crippen LogP) is 7.35. The average Bonchev–Trinajstić information content (AvgIpc) is 3.20. The minimum absolute atomic E-state index is 0.203. The van der Waals surface area contributed by atoms with Crippen LogP contribution in [-0.4, -0.2) is 60.2 Å². The monoisotopic (exact) mass is 758 g/mol. The molecule has 2 unspecified atom stereocenters. The van der Waals surface area contributed by atoms with Gasteiger partial charge in [-0.15, -0.1) is 0 Å². The molecule has 4 aromatic carbocycles.